The van der Waals surface area contributed by atoms with Crippen molar-refractivity contribution in [3.63, 3.8) is 0 Å². The van der Waals surface area contributed by atoms with Crippen LogP contribution in [0.1, 0.15) is 112 Å². The van der Waals surface area contributed by atoms with Gasteiger partial charge in [-0.2, -0.15) is 0 Å². The molecule has 0 heterocycles. The minimum Gasteiger partial charge on any atom is -0.393 e. The highest BCUT2D eigenvalue weighted by atomic mass is 16.3. The minimum atomic E-state index is -0.0441. The highest BCUT2D eigenvalue weighted by molar-refractivity contribution is 5.27. The number of allylic oxidation sites excluding steroid dienone is 4. The lowest BCUT2D eigenvalue weighted by Gasteiger charge is -2.57. The van der Waals surface area contributed by atoms with E-state index >= 15 is 0 Å². The van der Waals surface area contributed by atoms with Crippen molar-refractivity contribution in [2.24, 2.45) is 40.4 Å². The Morgan fingerprint density at radius 1 is 1.07 bits per heavy atom. The standard InChI is InChI=1S/C29H48O/c1-7-21(19(2)3)9-8-20(4)25-12-13-26-24-11-10-22-18-23(30)14-16-28(22,5)27(24)15-17-29(25,26)6/h11,20,22-23,25-27,30H,7-10,12-18H2,1-6H3/t20?,22-,23-,25?,26?,27?,28?,29?/m0/s1. The van der Waals surface area contributed by atoms with Crippen LogP contribution >= 0.6 is 0 Å². The van der Waals surface area contributed by atoms with Crippen molar-refractivity contribution in [2.45, 2.75) is 118 Å². The molecule has 0 amide bonds. The van der Waals surface area contributed by atoms with Gasteiger partial charge in [0.1, 0.15) is 0 Å². The van der Waals surface area contributed by atoms with E-state index in [2.05, 4.69) is 47.6 Å². The number of rotatable bonds is 5. The smallest absolute Gasteiger partial charge is 0.0543 e. The molecule has 6 unspecified atom stereocenters. The molecule has 1 heteroatoms. The Bertz CT molecular complexity index is 697. The van der Waals surface area contributed by atoms with Crippen molar-refractivity contribution in [1.29, 1.82) is 0 Å². The molecular weight excluding hydrogens is 364 g/mol. The monoisotopic (exact) mass is 412 g/mol. The van der Waals surface area contributed by atoms with E-state index in [0.29, 0.717) is 16.7 Å². The fraction of sp³-hybridized carbons (Fsp3) is 0.862. The van der Waals surface area contributed by atoms with Crippen molar-refractivity contribution in [1.82, 2.24) is 0 Å². The highest BCUT2D eigenvalue weighted by Gasteiger charge is 2.58. The maximum atomic E-state index is 10.3. The third kappa shape index (κ3) is 3.66. The molecule has 0 radical (unpaired) electrons. The van der Waals surface area contributed by atoms with Gasteiger partial charge in [-0.25, -0.2) is 0 Å². The fourth-order valence-electron chi connectivity index (χ4n) is 8.85. The second-order valence-corrected chi connectivity index (χ2v) is 12.4. The molecule has 4 aliphatic rings. The Morgan fingerprint density at radius 2 is 1.77 bits per heavy atom. The van der Waals surface area contributed by atoms with Crippen LogP contribution in [0, 0.1) is 40.4 Å². The van der Waals surface area contributed by atoms with E-state index in [4.69, 9.17) is 0 Å². The van der Waals surface area contributed by atoms with E-state index in [1.165, 1.54) is 57.8 Å². The van der Waals surface area contributed by atoms with Crippen LogP contribution in [0.4, 0.5) is 0 Å². The van der Waals surface area contributed by atoms with Gasteiger partial charge in [0.05, 0.1) is 6.10 Å². The quantitative estimate of drug-likeness (QED) is 0.452. The maximum Gasteiger partial charge on any atom is 0.0543 e. The zero-order valence-electron chi connectivity index (χ0n) is 20.8. The van der Waals surface area contributed by atoms with Gasteiger partial charge in [-0.3, -0.25) is 0 Å². The number of hydrogen-bond donors (Lipinski definition) is 1. The van der Waals surface area contributed by atoms with E-state index in [0.717, 1.165) is 36.5 Å². The van der Waals surface area contributed by atoms with Gasteiger partial charge in [-0.15, -0.1) is 0 Å². The first-order chi connectivity index (χ1) is 14.2. The fourth-order valence-corrected chi connectivity index (χ4v) is 8.85. The van der Waals surface area contributed by atoms with Crippen molar-refractivity contribution in [3.8, 4) is 0 Å². The molecule has 170 valence electrons. The summed E-state index contributed by atoms with van der Waals surface area (Å²) >= 11 is 0. The Labute approximate surface area is 186 Å². The maximum absolute atomic E-state index is 10.3. The zero-order chi connectivity index (χ0) is 21.7. The first-order valence-corrected chi connectivity index (χ1v) is 13.2. The average Bonchev–Trinajstić information content (AvgIpc) is 3.06. The molecule has 0 aliphatic heterocycles. The SMILES string of the molecule is CCC(CCC(C)C1CCC2C3=CC[C@H]4C[C@@H](O)CCC4(C)C3CCC21C)=C(C)C. The topological polar surface area (TPSA) is 20.2 Å². The molecule has 1 N–H and O–H groups in total. The number of fused-ring (bicyclic) bond motifs is 5. The second kappa shape index (κ2) is 8.42. The molecule has 3 fully saturated rings. The van der Waals surface area contributed by atoms with Crippen molar-refractivity contribution < 1.29 is 5.11 Å². The third-order valence-electron chi connectivity index (χ3n) is 10.8. The predicted octanol–water partition coefficient (Wildman–Crippen LogP) is 8.09. The van der Waals surface area contributed by atoms with Crippen LogP contribution in [-0.2, 0) is 0 Å². The molecule has 1 nitrogen and oxygen atoms in total. The largest absolute Gasteiger partial charge is 0.393 e. The molecule has 0 saturated heterocycles. The van der Waals surface area contributed by atoms with Crippen molar-refractivity contribution >= 4 is 0 Å². The van der Waals surface area contributed by atoms with E-state index < -0.39 is 0 Å². The second-order valence-electron chi connectivity index (χ2n) is 12.4. The molecule has 0 spiro atoms. The summed E-state index contributed by atoms with van der Waals surface area (Å²) in [6.07, 6.45) is 16.8. The van der Waals surface area contributed by atoms with Gasteiger partial charge < -0.3 is 5.11 Å². The van der Waals surface area contributed by atoms with Gasteiger partial charge in [0, 0.05) is 0 Å². The predicted molar refractivity (Wildman–Crippen MR) is 128 cm³/mol. The lowest BCUT2D eigenvalue weighted by atomic mass is 9.47. The van der Waals surface area contributed by atoms with Gasteiger partial charge in [-0.05, 0) is 125 Å². The number of aliphatic hydroxyl groups is 1. The summed E-state index contributed by atoms with van der Waals surface area (Å²) < 4.78 is 0. The van der Waals surface area contributed by atoms with Crippen LogP contribution < -0.4 is 0 Å². The summed E-state index contributed by atoms with van der Waals surface area (Å²) in [5.74, 6) is 4.09. The summed E-state index contributed by atoms with van der Waals surface area (Å²) in [7, 11) is 0. The highest BCUT2D eigenvalue weighted by Crippen LogP contribution is 2.67. The Balaban J connectivity index is 1.50. The van der Waals surface area contributed by atoms with Crippen LogP contribution in [0.2, 0.25) is 0 Å². The molecule has 4 rings (SSSR count). The Kier molecular flexibility index (Phi) is 6.35. The van der Waals surface area contributed by atoms with Crippen molar-refractivity contribution in [2.75, 3.05) is 0 Å². The van der Waals surface area contributed by atoms with Crippen LogP contribution in [-0.4, -0.2) is 11.2 Å². The van der Waals surface area contributed by atoms with E-state index in [9.17, 15) is 5.11 Å². The normalized spacial score (nSPS) is 43.8. The first-order valence-electron chi connectivity index (χ1n) is 13.2. The van der Waals surface area contributed by atoms with Gasteiger partial charge in [0.2, 0.25) is 0 Å². The van der Waals surface area contributed by atoms with Crippen LogP contribution in [0.25, 0.3) is 0 Å². The zero-order valence-corrected chi connectivity index (χ0v) is 20.8. The summed E-state index contributed by atoms with van der Waals surface area (Å²) in [5, 5.41) is 10.3. The van der Waals surface area contributed by atoms with Crippen LogP contribution in [0.3, 0.4) is 0 Å². The molecule has 4 aliphatic carbocycles. The van der Waals surface area contributed by atoms with Gasteiger partial charge >= 0.3 is 0 Å². The minimum absolute atomic E-state index is 0.0441. The summed E-state index contributed by atoms with van der Waals surface area (Å²) in [6, 6.07) is 0. The Hall–Kier alpha value is -0.560. The molecule has 0 aromatic rings. The molecule has 0 aromatic heterocycles. The van der Waals surface area contributed by atoms with E-state index in [1.807, 2.05) is 5.57 Å². The number of hydrogen-bond acceptors (Lipinski definition) is 1. The molecule has 8 atom stereocenters. The molecule has 30 heavy (non-hydrogen) atoms. The molecule has 3 saturated carbocycles. The van der Waals surface area contributed by atoms with Gasteiger partial charge in [-0.1, -0.05) is 50.5 Å². The third-order valence-corrected chi connectivity index (χ3v) is 10.8. The molecule has 0 bridgehead atoms. The van der Waals surface area contributed by atoms with E-state index in [1.54, 1.807) is 11.1 Å². The van der Waals surface area contributed by atoms with Crippen molar-refractivity contribution in [3.05, 3.63) is 22.8 Å². The average molecular weight is 413 g/mol. The summed E-state index contributed by atoms with van der Waals surface area (Å²) in [6.45, 7) is 14.7. The van der Waals surface area contributed by atoms with Gasteiger partial charge in [0.25, 0.3) is 0 Å². The summed E-state index contributed by atoms with van der Waals surface area (Å²) in [4.78, 5) is 0. The molecule has 0 aromatic carbocycles. The van der Waals surface area contributed by atoms with Crippen LogP contribution in [0.5, 0.6) is 0 Å². The lowest BCUT2D eigenvalue weighted by molar-refractivity contribution is -0.0427. The van der Waals surface area contributed by atoms with E-state index in [-0.39, 0.29) is 6.10 Å². The lowest BCUT2D eigenvalue weighted by Crippen LogP contribution is -2.49. The van der Waals surface area contributed by atoms with Crippen LogP contribution in [0.15, 0.2) is 22.8 Å². The molecular formula is C29H48O. The Morgan fingerprint density at radius 3 is 2.47 bits per heavy atom. The number of aliphatic hydroxyl groups excluding tert-OH is 1. The summed E-state index contributed by atoms with van der Waals surface area (Å²) in [5.41, 5.74) is 6.09. The van der Waals surface area contributed by atoms with Gasteiger partial charge in [0.15, 0.2) is 0 Å². The first kappa shape index (κ1) is 22.6.